The van der Waals surface area contributed by atoms with Crippen molar-refractivity contribution in [3.05, 3.63) is 63.9 Å². The smallest absolute Gasteiger partial charge is 0.328 e. The summed E-state index contributed by atoms with van der Waals surface area (Å²) >= 11 is 5.85. The Balaban J connectivity index is 2.01. The molecule has 0 bridgehead atoms. The highest BCUT2D eigenvalue weighted by atomic mass is 35.5. The quantitative estimate of drug-likeness (QED) is 0.367. The fourth-order valence-corrected chi connectivity index (χ4v) is 4.05. The summed E-state index contributed by atoms with van der Waals surface area (Å²) in [6.07, 6.45) is -1.09. The van der Waals surface area contributed by atoms with E-state index < -0.39 is 53.4 Å². The van der Waals surface area contributed by atoms with Crippen LogP contribution in [0.4, 0.5) is 4.39 Å². The van der Waals surface area contributed by atoms with Crippen LogP contribution in [0.1, 0.15) is 66.9 Å². The van der Waals surface area contributed by atoms with Gasteiger partial charge in [0.1, 0.15) is 23.2 Å². The number of rotatable bonds is 7. The average Bonchev–Trinajstić information content (AvgIpc) is 2.81. The largest absolute Gasteiger partial charge is 0.484 e. The van der Waals surface area contributed by atoms with Crippen LogP contribution in [-0.4, -0.2) is 47.4 Å². The minimum atomic E-state index is -1.15. The molecule has 4 N–H and O–H groups in total. The SMILES string of the molecule is CC(=O)c1ccc2c(c1)[C@H](NC(=O)c1ccc(F)c(Cl)c1)[C@H](OC(=O)[C@H](C)NC(=O)[C@H](C)N)C(C)(C)O2. The first-order valence-corrected chi connectivity index (χ1v) is 11.9. The Hall–Kier alpha value is -3.50. The summed E-state index contributed by atoms with van der Waals surface area (Å²) in [5.41, 5.74) is 5.24. The van der Waals surface area contributed by atoms with E-state index in [2.05, 4.69) is 10.6 Å². The third-order valence-corrected chi connectivity index (χ3v) is 6.24. The summed E-state index contributed by atoms with van der Waals surface area (Å²) in [5.74, 6) is -2.48. The molecule has 198 valence electrons. The molecule has 1 aliphatic heterocycles. The summed E-state index contributed by atoms with van der Waals surface area (Å²) in [5, 5.41) is 5.05. The zero-order valence-corrected chi connectivity index (χ0v) is 21.8. The predicted molar refractivity (Wildman–Crippen MR) is 134 cm³/mol. The van der Waals surface area contributed by atoms with Crippen molar-refractivity contribution in [1.82, 2.24) is 10.6 Å². The predicted octanol–water partition coefficient (Wildman–Crippen LogP) is 3.09. The van der Waals surface area contributed by atoms with E-state index in [1.807, 2.05) is 0 Å². The molecule has 2 aromatic carbocycles. The number of Topliss-reactive ketones (excluding diaryl/α,β-unsaturated/α-hetero) is 1. The Bertz CT molecular complexity index is 1250. The Morgan fingerprint density at radius 1 is 1.11 bits per heavy atom. The van der Waals surface area contributed by atoms with Crippen molar-refractivity contribution in [3.63, 3.8) is 0 Å². The van der Waals surface area contributed by atoms with Gasteiger partial charge in [0.05, 0.1) is 17.1 Å². The van der Waals surface area contributed by atoms with Crippen molar-refractivity contribution in [2.75, 3.05) is 0 Å². The number of ether oxygens (including phenoxy) is 2. The number of carbonyl (C=O) groups excluding carboxylic acids is 4. The van der Waals surface area contributed by atoms with Crippen molar-refractivity contribution < 1.29 is 33.0 Å². The van der Waals surface area contributed by atoms with Crippen LogP contribution in [0.3, 0.4) is 0 Å². The lowest BCUT2D eigenvalue weighted by atomic mass is 9.85. The minimum Gasteiger partial charge on any atom is -0.484 e. The van der Waals surface area contributed by atoms with Gasteiger partial charge in [-0.05, 0) is 71.0 Å². The van der Waals surface area contributed by atoms with Crippen molar-refractivity contribution in [2.24, 2.45) is 5.73 Å². The first-order valence-electron chi connectivity index (χ1n) is 11.6. The number of nitrogens with two attached hydrogens (primary N) is 1. The number of hydrogen-bond donors (Lipinski definition) is 3. The second kappa shape index (κ2) is 10.9. The highest BCUT2D eigenvalue weighted by molar-refractivity contribution is 6.31. The average molecular weight is 534 g/mol. The van der Waals surface area contributed by atoms with E-state index in [1.54, 1.807) is 32.0 Å². The maximum absolute atomic E-state index is 13.7. The van der Waals surface area contributed by atoms with E-state index in [1.165, 1.54) is 32.9 Å². The fourth-order valence-electron chi connectivity index (χ4n) is 3.87. The normalized spacial score (nSPS) is 19.5. The van der Waals surface area contributed by atoms with Gasteiger partial charge in [-0.1, -0.05) is 11.6 Å². The number of benzene rings is 2. The maximum Gasteiger partial charge on any atom is 0.328 e. The summed E-state index contributed by atoms with van der Waals surface area (Å²) in [6.45, 7) is 7.65. The fraction of sp³-hybridized carbons (Fsp3) is 0.385. The Labute approximate surface area is 218 Å². The monoisotopic (exact) mass is 533 g/mol. The molecule has 37 heavy (non-hydrogen) atoms. The first kappa shape index (κ1) is 28.1. The van der Waals surface area contributed by atoms with Gasteiger partial charge in [0, 0.05) is 16.7 Å². The minimum absolute atomic E-state index is 0.0719. The van der Waals surface area contributed by atoms with Gasteiger partial charge in [-0.2, -0.15) is 0 Å². The van der Waals surface area contributed by atoms with Crippen LogP contribution < -0.4 is 21.1 Å². The van der Waals surface area contributed by atoms with Crippen LogP contribution in [0.15, 0.2) is 36.4 Å². The lowest BCUT2D eigenvalue weighted by Crippen LogP contribution is -2.57. The zero-order valence-electron chi connectivity index (χ0n) is 21.1. The number of ketones is 1. The van der Waals surface area contributed by atoms with Crippen LogP contribution in [0, 0.1) is 5.82 Å². The van der Waals surface area contributed by atoms with Crippen LogP contribution in [0.25, 0.3) is 0 Å². The summed E-state index contributed by atoms with van der Waals surface area (Å²) < 4.78 is 25.5. The molecular formula is C26H29ClFN3O6. The molecule has 2 aromatic rings. The number of fused-ring (bicyclic) bond motifs is 1. The maximum atomic E-state index is 13.7. The van der Waals surface area contributed by atoms with Gasteiger partial charge in [-0.15, -0.1) is 0 Å². The van der Waals surface area contributed by atoms with Gasteiger partial charge in [-0.3, -0.25) is 14.4 Å². The van der Waals surface area contributed by atoms with Crippen LogP contribution >= 0.6 is 11.6 Å². The van der Waals surface area contributed by atoms with E-state index in [9.17, 15) is 23.6 Å². The van der Waals surface area contributed by atoms with Crippen molar-refractivity contribution in [1.29, 1.82) is 0 Å². The highest BCUT2D eigenvalue weighted by Gasteiger charge is 2.48. The topological polar surface area (TPSA) is 137 Å². The number of nitrogens with one attached hydrogen (secondary N) is 2. The lowest BCUT2D eigenvalue weighted by Gasteiger charge is -2.44. The van der Waals surface area contributed by atoms with Gasteiger partial charge in [0.15, 0.2) is 11.9 Å². The van der Waals surface area contributed by atoms with Gasteiger partial charge in [-0.25, -0.2) is 9.18 Å². The van der Waals surface area contributed by atoms with Gasteiger partial charge < -0.3 is 25.8 Å². The molecule has 0 fully saturated rings. The summed E-state index contributed by atoms with van der Waals surface area (Å²) in [6, 6.07) is 5.39. The lowest BCUT2D eigenvalue weighted by molar-refractivity contribution is -0.168. The molecule has 0 aliphatic carbocycles. The molecule has 0 saturated carbocycles. The number of halogens is 2. The molecule has 2 amide bonds. The summed E-state index contributed by atoms with van der Waals surface area (Å²) in [4.78, 5) is 50.2. The van der Waals surface area contributed by atoms with E-state index >= 15 is 0 Å². The van der Waals surface area contributed by atoms with E-state index in [-0.39, 0.29) is 16.4 Å². The third-order valence-electron chi connectivity index (χ3n) is 5.95. The van der Waals surface area contributed by atoms with Gasteiger partial charge in [0.2, 0.25) is 5.91 Å². The molecule has 0 spiro atoms. The van der Waals surface area contributed by atoms with Crippen molar-refractivity contribution >= 4 is 35.2 Å². The molecule has 11 heteroatoms. The standard InChI is InChI=1S/C26H29ClFN3O6/c1-12(29)23(33)30-13(2)25(35)36-22-21(31-24(34)16-6-8-19(28)18(27)11-16)17-10-15(14(3)32)7-9-20(17)37-26(22,4)5/h6-13,21-22H,29H2,1-5H3,(H,30,33)(H,31,34)/t12-,13-,21-,22-/m0/s1. The third kappa shape index (κ3) is 6.26. The second-order valence-electron chi connectivity index (χ2n) is 9.47. The first-order chi connectivity index (χ1) is 17.2. The number of carbonyl (C=O) groups is 4. The van der Waals surface area contributed by atoms with E-state index in [4.69, 9.17) is 26.8 Å². The zero-order chi connectivity index (χ0) is 27.7. The summed E-state index contributed by atoms with van der Waals surface area (Å²) in [7, 11) is 0. The second-order valence-corrected chi connectivity index (χ2v) is 9.88. The van der Waals surface area contributed by atoms with Gasteiger partial charge in [0.25, 0.3) is 5.91 Å². The van der Waals surface area contributed by atoms with Crippen LogP contribution in [-0.2, 0) is 14.3 Å². The Kier molecular flexibility index (Phi) is 8.24. The highest BCUT2D eigenvalue weighted by Crippen LogP contribution is 2.42. The van der Waals surface area contributed by atoms with Crippen LogP contribution in [0.2, 0.25) is 5.02 Å². The molecule has 4 atom stereocenters. The molecule has 3 rings (SSSR count). The molecule has 0 radical (unpaired) electrons. The van der Waals surface area contributed by atoms with E-state index in [0.29, 0.717) is 16.9 Å². The Morgan fingerprint density at radius 2 is 1.76 bits per heavy atom. The Morgan fingerprint density at radius 3 is 2.35 bits per heavy atom. The molecule has 0 saturated heterocycles. The molecule has 0 aromatic heterocycles. The molecule has 9 nitrogen and oxygen atoms in total. The van der Waals surface area contributed by atoms with Crippen LogP contribution in [0.5, 0.6) is 5.75 Å². The molecule has 1 heterocycles. The molecular weight excluding hydrogens is 505 g/mol. The number of esters is 1. The van der Waals surface area contributed by atoms with Gasteiger partial charge >= 0.3 is 5.97 Å². The number of hydrogen-bond acceptors (Lipinski definition) is 7. The molecule has 1 aliphatic rings. The van der Waals surface area contributed by atoms with Crippen molar-refractivity contribution in [2.45, 2.75) is 64.4 Å². The molecule has 0 unspecified atom stereocenters. The number of amides is 2. The van der Waals surface area contributed by atoms with E-state index in [0.717, 1.165) is 6.07 Å². The van der Waals surface area contributed by atoms with Crippen molar-refractivity contribution in [3.8, 4) is 5.75 Å².